The quantitative estimate of drug-likeness (QED) is 0.241. The molecule has 228 valence electrons. The number of benzene rings is 3. The van der Waals surface area contributed by atoms with Gasteiger partial charge in [-0.2, -0.15) is 0 Å². The summed E-state index contributed by atoms with van der Waals surface area (Å²) in [5.74, 6) is 0.241. The van der Waals surface area contributed by atoms with Gasteiger partial charge in [-0.3, -0.25) is 14.6 Å². The van der Waals surface area contributed by atoms with E-state index in [1.807, 2.05) is 79.7 Å². The first-order valence-electron chi connectivity index (χ1n) is 15.5. The number of methoxy groups -OCH3 is 2. The summed E-state index contributed by atoms with van der Waals surface area (Å²) in [5.41, 5.74) is 4.81. The van der Waals surface area contributed by atoms with Gasteiger partial charge in [-0.15, -0.1) is 0 Å². The molecule has 1 fully saturated rings. The molecule has 0 radical (unpaired) electrons. The summed E-state index contributed by atoms with van der Waals surface area (Å²) in [7, 11) is 3.21. The predicted octanol–water partition coefficient (Wildman–Crippen LogP) is 7.34. The molecule has 3 aromatic rings. The maximum Gasteiger partial charge on any atom is 0.315 e. The molecule has 0 saturated heterocycles. The van der Waals surface area contributed by atoms with E-state index in [-0.39, 0.29) is 23.8 Å². The molecule has 1 heterocycles. The van der Waals surface area contributed by atoms with Gasteiger partial charge >= 0.3 is 5.97 Å². The number of rotatable bonds is 9. The number of carbonyl (C=O) groups is 2. The zero-order chi connectivity index (χ0) is 30.6. The molecule has 2 aliphatic carbocycles. The van der Waals surface area contributed by atoms with Crippen LogP contribution in [0.2, 0.25) is 0 Å². The molecule has 1 saturated carbocycles. The lowest BCUT2D eigenvalue weighted by molar-refractivity contribution is -0.151. The van der Waals surface area contributed by atoms with Crippen LogP contribution in [0.1, 0.15) is 74.0 Å². The van der Waals surface area contributed by atoms with Crippen LogP contribution in [-0.4, -0.2) is 37.8 Å². The van der Waals surface area contributed by atoms with Crippen LogP contribution in [0.3, 0.4) is 0 Å². The second kappa shape index (κ2) is 13.1. The fourth-order valence-corrected chi connectivity index (χ4v) is 6.89. The fraction of sp³-hybridized carbons (Fsp3) is 0.378. The molecule has 0 bridgehead atoms. The summed E-state index contributed by atoms with van der Waals surface area (Å²) in [6.07, 6.45) is 4.64. The normalized spacial score (nSPS) is 21.8. The number of esters is 1. The zero-order valence-corrected chi connectivity index (χ0v) is 25.6. The fourth-order valence-electron chi connectivity index (χ4n) is 6.89. The van der Waals surface area contributed by atoms with Gasteiger partial charge in [0.15, 0.2) is 17.3 Å². The number of Topliss-reactive ketones (excluding diaryl/α,β-unsaturated/α-hetero) is 1. The van der Waals surface area contributed by atoms with Gasteiger partial charge in [0, 0.05) is 34.9 Å². The number of ketones is 1. The molecule has 0 spiro atoms. The molecular weight excluding hydrogens is 554 g/mol. The smallest absolute Gasteiger partial charge is 0.315 e. The highest BCUT2D eigenvalue weighted by atomic mass is 16.5. The van der Waals surface area contributed by atoms with Gasteiger partial charge < -0.3 is 18.9 Å². The SMILES string of the molecule is COc1ccc([C@H]2CC(=O)C3=C(C2)N=C(C)C(C(=O)OC2CCCC2)[C@H]3c2ccccc2OCc2ccccc2)cc1OC. The lowest BCUT2D eigenvalue weighted by atomic mass is 9.69. The van der Waals surface area contributed by atoms with E-state index in [0.717, 1.165) is 48.1 Å². The molecule has 1 aliphatic heterocycles. The summed E-state index contributed by atoms with van der Waals surface area (Å²) < 4.78 is 23.4. The van der Waals surface area contributed by atoms with Crippen molar-refractivity contribution < 1.29 is 28.5 Å². The van der Waals surface area contributed by atoms with Crippen LogP contribution >= 0.6 is 0 Å². The van der Waals surface area contributed by atoms with Gasteiger partial charge in [0.05, 0.1) is 14.2 Å². The molecule has 44 heavy (non-hydrogen) atoms. The Bertz CT molecular complexity index is 1590. The molecule has 3 aromatic carbocycles. The third-order valence-corrected chi connectivity index (χ3v) is 9.10. The number of ether oxygens (including phenoxy) is 4. The maximum absolute atomic E-state index is 14.2. The van der Waals surface area contributed by atoms with Gasteiger partial charge in [-0.25, -0.2) is 0 Å². The van der Waals surface area contributed by atoms with Gasteiger partial charge in [0.2, 0.25) is 0 Å². The first-order chi connectivity index (χ1) is 21.5. The van der Waals surface area contributed by atoms with Crippen molar-refractivity contribution in [1.82, 2.24) is 0 Å². The van der Waals surface area contributed by atoms with Crippen LogP contribution in [0.15, 0.2) is 89.1 Å². The van der Waals surface area contributed by atoms with E-state index in [9.17, 15) is 9.59 Å². The number of para-hydroxylation sites is 1. The van der Waals surface area contributed by atoms with E-state index in [0.29, 0.717) is 48.0 Å². The van der Waals surface area contributed by atoms with Crippen molar-refractivity contribution in [1.29, 1.82) is 0 Å². The molecule has 3 atom stereocenters. The second-order valence-corrected chi connectivity index (χ2v) is 11.9. The number of aliphatic imine (C=N–C) groups is 1. The average Bonchev–Trinajstić information content (AvgIpc) is 3.56. The molecule has 0 N–H and O–H groups in total. The maximum atomic E-state index is 14.2. The van der Waals surface area contributed by atoms with Crippen molar-refractivity contribution in [2.45, 2.75) is 70.0 Å². The van der Waals surface area contributed by atoms with Crippen molar-refractivity contribution in [3.63, 3.8) is 0 Å². The van der Waals surface area contributed by atoms with Crippen molar-refractivity contribution in [2.24, 2.45) is 10.9 Å². The number of nitrogens with zero attached hydrogens (tertiary/aromatic N) is 1. The summed E-state index contributed by atoms with van der Waals surface area (Å²) in [4.78, 5) is 33.1. The van der Waals surface area contributed by atoms with Crippen LogP contribution in [0.5, 0.6) is 17.2 Å². The number of allylic oxidation sites excluding steroid dienone is 2. The molecule has 6 rings (SSSR count). The first kappa shape index (κ1) is 29.7. The molecule has 3 aliphatic rings. The number of hydrogen-bond donors (Lipinski definition) is 0. The third-order valence-electron chi connectivity index (χ3n) is 9.10. The Morgan fingerprint density at radius 1 is 0.864 bits per heavy atom. The Hall–Kier alpha value is -4.39. The molecule has 0 aromatic heterocycles. The molecular formula is C37H39NO6. The van der Waals surface area contributed by atoms with Crippen LogP contribution in [0, 0.1) is 5.92 Å². The van der Waals surface area contributed by atoms with E-state index in [4.69, 9.17) is 23.9 Å². The molecule has 1 unspecified atom stereocenters. The van der Waals surface area contributed by atoms with Gasteiger partial charge in [-0.1, -0.05) is 54.6 Å². The lowest BCUT2D eigenvalue weighted by Crippen LogP contribution is -2.39. The van der Waals surface area contributed by atoms with Crippen LogP contribution in [-0.2, 0) is 20.9 Å². The summed E-state index contributed by atoms with van der Waals surface area (Å²) >= 11 is 0. The minimum absolute atomic E-state index is 0.0104. The largest absolute Gasteiger partial charge is 0.493 e. The minimum Gasteiger partial charge on any atom is -0.493 e. The minimum atomic E-state index is -0.711. The van der Waals surface area contributed by atoms with Crippen molar-refractivity contribution in [2.75, 3.05) is 14.2 Å². The summed E-state index contributed by atoms with van der Waals surface area (Å²) in [6, 6.07) is 23.5. The predicted molar refractivity (Wildman–Crippen MR) is 168 cm³/mol. The molecule has 7 heteroatoms. The van der Waals surface area contributed by atoms with E-state index in [2.05, 4.69) is 0 Å². The van der Waals surface area contributed by atoms with Crippen molar-refractivity contribution in [3.8, 4) is 17.2 Å². The first-order valence-corrected chi connectivity index (χ1v) is 15.5. The topological polar surface area (TPSA) is 83.4 Å². The van der Waals surface area contributed by atoms with Crippen molar-refractivity contribution >= 4 is 17.5 Å². The average molecular weight is 594 g/mol. The second-order valence-electron chi connectivity index (χ2n) is 11.9. The Morgan fingerprint density at radius 3 is 2.34 bits per heavy atom. The van der Waals surface area contributed by atoms with E-state index >= 15 is 0 Å². The van der Waals surface area contributed by atoms with Gasteiger partial charge in [-0.05, 0) is 74.3 Å². The Kier molecular flexibility index (Phi) is 8.82. The number of hydrogen-bond acceptors (Lipinski definition) is 7. The highest BCUT2D eigenvalue weighted by molar-refractivity contribution is 6.09. The van der Waals surface area contributed by atoms with Crippen molar-refractivity contribution in [3.05, 3.63) is 101 Å². The third kappa shape index (κ3) is 6.01. The lowest BCUT2D eigenvalue weighted by Gasteiger charge is -2.37. The summed E-state index contributed by atoms with van der Waals surface area (Å²) in [6.45, 7) is 2.26. The number of carbonyl (C=O) groups excluding carboxylic acids is 2. The zero-order valence-electron chi connectivity index (χ0n) is 25.6. The van der Waals surface area contributed by atoms with Crippen LogP contribution < -0.4 is 14.2 Å². The highest BCUT2D eigenvalue weighted by Gasteiger charge is 2.46. The van der Waals surface area contributed by atoms with E-state index < -0.39 is 11.8 Å². The van der Waals surface area contributed by atoms with E-state index in [1.54, 1.807) is 14.2 Å². The van der Waals surface area contributed by atoms with Crippen LogP contribution in [0.25, 0.3) is 0 Å². The summed E-state index contributed by atoms with van der Waals surface area (Å²) in [5, 5.41) is 0. The Morgan fingerprint density at radius 2 is 1.59 bits per heavy atom. The standard InChI is InChI=1S/C37H39NO6/c1-23-34(37(40)44-27-13-7-8-14-27)35(28-15-9-10-16-31(28)43-22-24-11-5-4-6-12-24)36-29(38-23)19-26(20-30(36)39)25-17-18-32(41-2)33(21-25)42-3/h4-6,9-12,15-18,21,26-27,34-35H,7-8,13-14,19-20,22H2,1-3H3/t26-,34?,35-/m1/s1. The van der Waals surface area contributed by atoms with Gasteiger partial charge in [0.25, 0.3) is 0 Å². The molecule has 7 nitrogen and oxygen atoms in total. The Labute approximate surface area is 258 Å². The highest BCUT2D eigenvalue weighted by Crippen LogP contribution is 2.49. The van der Waals surface area contributed by atoms with E-state index in [1.165, 1.54) is 0 Å². The van der Waals surface area contributed by atoms with Crippen LogP contribution in [0.4, 0.5) is 0 Å². The van der Waals surface area contributed by atoms with Gasteiger partial charge in [0.1, 0.15) is 24.4 Å². The Balaban J connectivity index is 1.39. The monoisotopic (exact) mass is 593 g/mol. The molecule has 0 amide bonds.